The predicted molar refractivity (Wildman–Crippen MR) is 113 cm³/mol. The van der Waals surface area contributed by atoms with E-state index in [0.29, 0.717) is 11.3 Å². The summed E-state index contributed by atoms with van der Waals surface area (Å²) in [5, 5.41) is 13.4. The molecule has 0 bridgehead atoms. The first-order chi connectivity index (χ1) is 14.8. The summed E-state index contributed by atoms with van der Waals surface area (Å²) < 4.78 is 5.24. The third-order valence-electron chi connectivity index (χ3n) is 4.41. The number of carbonyl (C=O) groups is 3. The van der Waals surface area contributed by atoms with E-state index in [-0.39, 0.29) is 22.6 Å². The number of hydrogen-bond acceptors (Lipinski definition) is 6. The SMILES string of the molecule is CC(OC(=O)c1ccc(NC(=O)c2cccc([N+](=O)[O-])c2)cc1)C(=O)c1ccccc1. The maximum Gasteiger partial charge on any atom is 0.338 e. The Bertz CT molecular complexity index is 1130. The number of anilines is 1. The Hall–Kier alpha value is -4.33. The van der Waals surface area contributed by atoms with Crippen LogP contribution in [0.2, 0.25) is 0 Å². The van der Waals surface area contributed by atoms with Gasteiger partial charge in [-0.15, -0.1) is 0 Å². The Morgan fingerprint density at radius 1 is 0.871 bits per heavy atom. The highest BCUT2D eigenvalue weighted by molar-refractivity contribution is 6.05. The highest BCUT2D eigenvalue weighted by atomic mass is 16.6. The molecule has 1 atom stereocenters. The van der Waals surface area contributed by atoms with Crippen molar-refractivity contribution in [2.24, 2.45) is 0 Å². The molecule has 0 aliphatic carbocycles. The lowest BCUT2D eigenvalue weighted by Crippen LogP contribution is -2.24. The van der Waals surface area contributed by atoms with Gasteiger partial charge in [-0.2, -0.15) is 0 Å². The Morgan fingerprint density at radius 3 is 2.16 bits per heavy atom. The van der Waals surface area contributed by atoms with Gasteiger partial charge in [0.25, 0.3) is 11.6 Å². The number of hydrogen-bond donors (Lipinski definition) is 1. The zero-order valence-corrected chi connectivity index (χ0v) is 16.5. The highest BCUT2D eigenvalue weighted by Gasteiger charge is 2.20. The normalized spacial score (nSPS) is 11.3. The summed E-state index contributed by atoms with van der Waals surface area (Å²) >= 11 is 0. The van der Waals surface area contributed by atoms with Crippen LogP contribution in [0.25, 0.3) is 0 Å². The summed E-state index contributed by atoms with van der Waals surface area (Å²) in [6.45, 7) is 1.50. The molecule has 8 nitrogen and oxygen atoms in total. The zero-order chi connectivity index (χ0) is 22.4. The number of carbonyl (C=O) groups excluding carboxylic acids is 3. The second-order valence-electron chi connectivity index (χ2n) is 6.62. The molecule has 0 spiro atoms. The first-order valence-electron chi connectivity index (χ1n) is 9.31. The number of nitrogens with one attached hydrogen (secondary N) is 1. The fourth-order valence-electron chi connectivity index (χ4n) is 2.77. The zero-order valence-electron chi connectivity index (χ0n) is 16.5. The number of non-ortho nitro benzene ring substituents is 1. The van der Waals surface area contributed by atoms with Gasteiger partial charge in [0.1, 0.15) is 0 Å². The van der Waals surface area contributed by atoms with Crippen LogP contribution in [-0.2, 0) is 4.74 Å². The van der Waals surface area contributed by atoms with Gasteiger partial charge in [0.05, 0.1) is 10.5 Å². The highest BCUT2D eigenvalue weighted by Crippen LogP contribution is 2.17. The van der Waals surface area contributed by atoms with Gasteiger partial charge < -0.3 is 10.1 Å². The van der Waals surface area contributed by atoms with Crippen molar-refractivity contribution >= 4 is 29.0 Å². The van der Waals surface area contributed by atoms with E-state index in [9.17, 15) is 24.5 Å². The average Bonchev–Trinajstić information content (AvgIpc) is 2.79. The Kier molecular flexibility index (Phi) is 6.51. The van der Waals surface area contributed by atoms with Gasteiger partial charge in [-0.05, 0) is 37.3 Å². The van der Waals surface area contributed by atoms with Crippen molar-refractivity contribution in [3.8, 4) is 0 Å². The molecule has 0 aliphatic rings. The standard InChI is InChI=1S/C23H18N2O6/c1-15(21(26)16-6-3-2-4-7-16)31-23(28)17-10-12-19(13-11-17)24-22(27)18-8-5-9-20(14-18)25(29)30/h2-15H,1H3,(H,24,27). The van der Waals surface area contributed by atoms with Crippen molar-refractivity contribution in [3.05, 3.63) is 106 Å². The smallest absolute Gasteiger partial charge is 0.338 e. The molecule has 0 aliphatic heterocycles. The monoisotopic (exact) mass is 418 g/mol. The van der Waals surface area contributed by atoms with Gasteiger partial charge >= 0.3 is 5.97 Å². The van der Waals surface area contributed by atoms with E-state index in [2.05, 4.69) is 5.32 Å². The first kappa shape index (κ1) is 21.4. The Morgan fingerprint density at radius 2 is 1.52 bits per heavy atom. The molecule has 0 saturated carbocycles. The number of ketones is 1. The van der Waals surface area contributed by atoms with Crippen molar-refractivity contribution in [3.63, 3.8) is 0 Å². The molecule has 156 valence electrons. The summed E-state index contributed by atoms with van der Waals surface area (Å²) in [5.41, 5.74) is 0.986. The molecule has 0 fully saturated rings. The van der Waals surface area contributed by atoms with E-state index >= 15 is 0 Å². The van der Waals surface area contributed by atoms with Crippen molar-refractivity contribution in [2.45, 2.75) is 13.0 Å². The molecule has 3 aromatic carbocycles. The summed E-state index contributed by atoms with van der Waals surface area (Å²) in [7, 11) is 0. The van der Waals surface area contributed by atoms with Crippen LogP contribution in [-0.4, -0.2) is 28.7 Å². The molecule has 1 amide bonds. The van der Waals surface area contributed by atoms with Crippen LogP contribution in [0.3, 0.4) is 0 Å². The van der Waals surface area contributed by atoms with Crippen LogP contribution in [0.1, 0.15) is 38.0 Å². The Balaban J connectivity index is 1.62. The molecule has 0 radical (unpaired) electrons. The fraction of sp³-hybridized carbons (Fsp3) is 0.0870. The summed E-state index contributed by atoms with van der Waals surface area (Å²) in [6.07, 6.45) is -0.955. The molecule has 0 heterocycles. The largest absolute Gasteiger partial charge is 0.451 e. The predicted octanol–water partition coefficient (Wildman–Crippen LogP) is 4.28. The molecule has 3 rings (SSSR count). The van der Waals surface area contributed by atoms with Crippen molar-refractivity contribution < 1.29 is 24.0 Å². The minimum absolute atomic E-state index is 0.130. The van der Waals surface area contributed by atoms with E-state index in [4.69, 9.17) is 4.74 Å². The van der Waals surface area contributed by atoms with E-state index in [0.717, 1.165) is 0 Å². The lowest BCUT2D eigenvalue weighted by atomic mass is 10.1. The molecular formula is C23H18N2O6. The topological polar surface area (TPSA) is 116 Å². The minimum Gasteiger partial charge on any atom is -0.451 e. The molecule has 31 heavy (non-hydrogen) atoms. The van der Waals surface area contributed by atoms with Gasteiger partial charge in [0, 0.05) is 28.9 Å². The molecule has 1 N–H and O–H groups in total. The number of rotatable bonds is 7. The number of esters is 1. The number of ether oxygens (including phenoxy) is 1. The second kappa shape index (κ2) is 9.45. The van der Waals surface area contributed by atoms with Crippen LogP contribution in [0.5, 0.6) is 0 Å². The quantitative estimate of drug-likeness (QED) is 0.265. The fourth-order valence-corrected chi connectivity index (χ4v) is 2.77. The van der Waals surface area contributed by atoms with Gasteiger partial charge in [-0.25, -0.2) is 4.79 Å². The number of Topliss-reactive ketones (excluding diaryl/α,β-unsaturated/α-hetero) is 1. The summed E-state index contributed by atoms with van der Waals surface area (Å²) in [4.78, 5) is 47.2. The summed E-state index contributed by atoms with van der Waals surface area (Å²) in [5.74, 6) is -1.51. The van der Waals surface area contributed by atoms with Gasteiger partial charge in [0.2, 0.25) is 5.78 Å². The van der Waals surface area contributed by atoms with Crippen LogP contribution in [0.15, 0.2) is 78.9 Å². The number of benzene rings is 3. The van der Waals surface area contributed by atoms with Gasteiger partial charge in [-0.3, -0.25) is 19.7 Å². The third-order valence-corrected chi connectivity index (χ3v) is 4.41. The molecule has 0 saturated heterocycles. The van der Waals surface area contributed by atoms with Crippen LogP contribution in [0, 0.1) is 10.1 Å². The van der Waals surface area contributed by atoms with Crippen LogP contribution in [0.4, 0.5) is 11.4 Å². The number of nitro benzene ring substituents is 1. The van der Waals surface area contributed by atoms with E-state index in [1.54, 1.807) is 30.3 Å². The van der Waals surface area contributed by atoms with E-state index in [1.165, 1.54) is 55.5 Å². The number of amides is 1. The van der Waals surface area contributed by atoms with Gasteiger partial charge in [0.15, 0.2) is 6.10 Å². The van der Waals surface area contributed by atoms with Crippen molar-refractivity contribution in [2.75, 3.05) is 5.32 Å². The molecule has 8 heteroatoms. The van der Waals surface area contributed by atoms with E-state index in [1.807, 2.05) is 0 Å². The van der Waals surface area contributed by atoms with Crippen LogP contribution >= 0.6 is 0 Å². The molecule has 0 aromatic heterocycles. The first-order valence-corrected chi connectivity index (χ1v) is 9.31. The Labute approximate surface area is 177 Å². The second-order valence-corrected chi connectivity index (χ2v) is 6.62. The number of nitrogens with zero attached hydrogens (tertiary/aromatic N) is 1. The van der Waals surface area contributed by atoms with Crippen molar-refractivity contribution in [1.82, 2.24) is 0 Å². The molecule has 1 unspecified atom stereocenters. The third kappa shape index (κ3) is 5.39. The summed E-state index contributed by atoms with van der Waals surface area (Å²) in [6, 6.07) is 19.8. The van der Waals surface area contributed by atoms with Gasteiger partial charge in [-0.1, -0.05) is 36.4 Å². The molecular weight excluding hydrogens is 400 g/mol. The lowest BCUT2D eigenvalue weighted by Gasteiger charge is -2.12. The van der Waals surface area contributed by atoms with Crippen LogP contribution < -0.4 is 5.32 Å². The maximum absolute atomic E-state index is 12.3. The van der Waals surface area contributed by atoms with E-state index < -0.39 is 22.9 Å². The lowest BCUT2D eigenvalue weighted by molar-refractivity contribution is -0.384. The minimum atomic E-state index is -0.955. The number of nitro groups is 1. The van der Waals surface area contributed by atoms with Crippen molar-refractivity contribution in [1.29, 1.82) is 0 Å². The average molecular weight is 418 g/mol. The maximum atomic E-state index is 12.3. The molecule has 3 aromatic rings.